The number of hydrogen-bond acceptors (Lipinski definition) is 4. The molecule has 1 aliphatic rings. The molecule has 108 valence electrons. The largest absolute Gasteiger partial charge is 0.378 e. The predicted molar refractivity (Wildman–Crippen MR) is 77.2 cm³/mol. The van der Waals surface area contributed by atoms with Gasteiger partial charge in [0.05, 0.1) is 44.1 Å². The van der Waals surface area contributed by atoms with Gasteiger partial charge in [0, 0.05) is 5.33 Å². The molecule has 0 aromatic heterocycles. The number of ether oxygens (including phenoxy) is 2. The van der Waals surface area contributed by atoms with Crippen molar-refractivity contribution in [3.63, 3.8) is 0 Å². The Balaban J connectivity index is 1.75. The molecule has 0 unspecified atom stereocenters. The van der Waals surface area contributed by atoms with E-state index in [-0.39, 0.29) is 18.4 Å². The summed E-state index contributed by atoms with van der Waals surface area (Å²) in [4.78, 5) is 25.3. The Morgan fingerprint density at radius 3 is 2.00 bits per heavy atom. The molecule has 6 heteroatoms. The molecular formula is C14H16BrNO4. The molecule has 0 aliphatic carbocycles. The molecule has 0 bridgehead atoms. The number of imide groups is 1. The fourth-order valence-corrected chi connectivity index (χ4v) is 2.20. The topological polar surface area (TPSA) is 55.8 Å². The summed E-state index contributed by atoms with van der Waals surface area (Å²) in [7, 11) is 0. The van der Waals surface area contributed by atoms with Gasteiger partial charge in [-0.1, -0.05) is 28.1 Å². The molecule has 5 nitrogen and oxygen atoms in total. The number of carbonyl (C=O) groups is 2. The van der Waals surface area contributed by atoms with E-state index in [4.69, 9.17) is 9.47 Å². The second-order valence-electron chi connectivity index (χ2n) is 4.22. The molecule has 2 amide bonds. The van der Waals surface area contributed by atoms with E-state index in [1.165, 1.54) is 4.90 Å². The summed E-state index contributed by atoms with van der Waals surface area (Å²) in [6.45, 7) is 2.19. The van der Waals surface area contributed by atoms with Crippen LogP contribution in [0.3, 0.4) is 0 Å². The Morgan fingerprint density at radius 2 is 1.45 bits per heavy atom. The lowest BCUT2D eigenvalue weighted by atomic mass is 10.1. The van der Waals surface area contributed by atoms with Crippen molar-refractivity contribution in [3.8, 4) is 0 Å². The van der Waals surface area contributed by atoms with Gasteiger partial charge in [-0.15, -0.1) is 0 Å². The second-order valence-corrected chi connectivity index (χ2v) is 5.01. The normalized spacial score (nSPS) is 13.9. The number of nitrogens with zero attached hydrogens (tertiary/aromatic N) is 1. The number of halogens is 1. The van der Waals surface area contributed by atoms with Crippen molar-refractivity contribution in [3.05, 3.63) is 35.4 Å². The molecule has 1 aromatic carbocycles. The molecule has 0 fully saturated rings. The maximum atomic E-state index is 12.0. The van der Waals surface area contributed by atoms with Gasteiger partial charge in [0.15, 0.2) is 0 Å². The van der Waals surface area contributed by atoms with Gasteiger partial charge in [0.25, 0.3) is 11.8 Å². The molecule has 0 spiro atoms. The highest BCUT2D eigenvalue weighted by atomic mass is 79.9. The van der Waals surface area contributed by atoms with Crippen LogP contribution in [0.25, 0.3) is 0 Å². The van der Waals surface area contributed by atoms with Gasteiger partial charge in [-0.3, -0.25) is 14.5 Å². The summed E-state index contributed by atoms with van der Waals surface area (Å²) >= 11 is 3.26. The van der Waals surface area contributed by atoms with Crippen LogP contribution >= 0.6 is 15.9 Å². The first-order valence-electron chi connectivity index (χ1n) is 6.42. The van der Waals surface area contributed by atoms with E-state index < -0.39 is 0 Å². The molecule has 0 saturated heterocycles. The van der Waals surface area contributed by atoms with Crippen molar-refractivity contribution in [1.82, 2.24) is 4.90 Å². The molecule has 0 radical (unpaired) electrons. The highest BCUT2D eigenvalue weighted by Crippen LogP contribution is 2.21. The third kappa shape index (κ3) is 3.45. The molecule has 1 aliphatic heterocycles. The number of fused-ring (bicyclic) bond motifs is 1. The van der Waals surface area contributed by atoms with Crippen molar-refractivity contribution >= 4 is 27.7 Å². The molecule has 0 atom stereocenters. The second kappa shape index (κ2) is 7.52. The molecular weight excluding hydrogens is 326 g/mol. The summed E-state index contributed by atoms with van der Waals surface area (Å²) in [6, 6.07) is 6.85. The smallest absolute Gasteiger partial charge is 0.261 e. The Kier molecular flexibility index (Phi) is 5.70. The zero-order valence-corrected chi connectivity index (χ0v) is 12.6. The lowest BCUT2D eigenvalue weighted by Gasteiger charge is -2.13. The summed E-state index contributed by atoms with van der Waals surface area (Å²) in [6.07, 6.45) is 0. The first-order chi connectivity index (χ1) is 9.75. The Morgan fingerprint density at radius 1 is 0.900 bits per heavy atom. The SMILES string of the molecule is O=C1c2ccccc2C(=O)N1CCOCCOCCBr. The van der Waals surface area contributed by atoms with Gasteiger partial charge in [-0.2, -0.15) is 0 Å². The van der Waals surface area contributed by atoms with Crippen LogP contribution < -0.4 is 0 Å². The van der Waals surface area contributed by atoms with Crippen molar-refractivity contribution in [1.29, 1.82) is 0 Å². The van der Waals surface area contributed by atoms with E-state index in [9.17, 15) is 9.59 Å². The minimum Gasteiger partial charge on any atom is -0.378 e. The van der Waals surface area contributed by atoms with Crippen LogP contribution in [0, 0.1) is 0 Å². The minimum atomic E-state index is -0.246. The van der Waals surface area contributed by atoms with E-state index in [0.29, 0.717) is 37.6 Å². The highest BCUT2D eigenvalue weighted by Gasteiger charge is 2.34. The van der Waals surface area contributed by atoms with Gasteiger partial charge in [-0.25, -0.2) is 0 Å². The number of benzene rings is 1. The maximum Gasteiger partial charge on any atom is 0.261 e. The predicted octanol–water partition coefficient (Wildman–Crippen LogP) is 1.71. The number of rotatable bonds is 8. The lowest BCUT2D eigenvalue weighted by molar-refractivity contribution is 0.0390. The third-order valence-corrected chi connectivity index (χ3v) is 3.25. The fourth-order valence-electron chi connectivity index (χ4n) is 1.97. The van der Waals surface area contributed by atoms with Crippen LogP contribution in [-0.4, -0.2) is 55.0 Å². The summed E-state index contributed by atoms with van der Waals surface area (Å²) in [5.74, 6) is -0.491. The zero-order chi connectivity index (χ0) is 14.4. The van der Waals surface area contributed by atoms with E-state index in [1.54, 1.807) is 24.3 Å². The summed E-state index contributed by atoms with van der Waals surface area (Å²) in [5, 5.41) is 0.794. The van der Waals surface area contributed by atoms with E-state index in [2.05, 4.69) is 15.9 Å². The Labute approximate surface area is 126 Å². The lowest BCUT2D eigenvalue weighted by Crippen LogP contribution is -2.33. The van der Waals surface area contributed by atoms with Crippen molar-refractivity contribution in [2.45, 2.75) is 0 Å². The van der Waals surface area contributed by atoms with E-state index in [0.717, 1.165) is 5.33 Å². The Hall–Kier alpha value is -1.24. The highest BCUT2D eigenvalue weighted by molar-refractivity contribution is 9.09. The van der Waals surface area contributed by atoms with Crippen LogP contribution in [0.4, 0.5) is 0 Å². The van der Waals surface area contributed by atoms with Crippen molar-refractivity contribution in [2.24, 2.45) is 0 Å². The van der Waals surface area contributed by atoms with Crippen LogP contribution in [0.15, 0.2) is 24.3 Å². The van der Waals surface area contributed by atoms with E-state index in [1.807, 2.05) is 0 Å². The molecule has 0 saturated carbocycles. The maximum absolute atomic E-state index is 12.0. The van der Waals surface area contributed by atoms with Gasteiger partial charge >= 0.3 is 0 Å². The number of alkyl halides is 1. The third-order valence-electron chi connectivity index (χ3n) is 2.93. The molecule has 2 rings (SSSR count). The van der Waals surface area contributed by atoms with Crippen molar-refractivity contribution < 1.29 is 19.1 Å². The molecule has 0 N–H and O–H groups in total. The Bertz CT molecular complexity index is 457. The zero-order valence-electron chi connectivity index (χ0n) is 11.0. The number of hydrogen-bond donors (Lipinski definition) is 0. The number of amides is 2. The van der Waals surface area contributed by atoms with Gasteiger partial charge < -0.3 is 9.47 Å². The van der Waals surface area contributed by atoms with E-state index >= 15 is 0 Å². The van der Waals surface area contributed by atoms with Crippen molar-refractivity contribution in [2.75, 3.05) is 38.3 Å². The van der Waals surface area contributed by atoms with Crippen LogP contribution in [-0.2, 0) is 9.47 Å². The first-order valence-corrected chi connectivity index (χ1v) is 7.54. The van der Waals surface area contributed by atoms with Crippen LogP contribution in [0.2, 0.25) is 0 Å². The van der Waals surface area contributed by atoms with Crippen LogP contribution in [0.1, 0.15) is 20.7 Å². The van der Waals surface area contributed by atoms with Gasteiger partial charge in [0.1, 0.15) is 0 Å². The van der Waals surface area contributed by atoms with Gasteiger partial charge in [0.2, 0.25) is 0 Å². The summed E-state index contributed by atoms with van der Waals surface area (Å²) in [5.41, 5.74) is 0.941. The molecule has 1 heterocycles. The summed E-state index contributed by atoms with van der Waals surface area (Å²) < 4.78 is 10.6. The monoisotopic (exact) mass is 341 g/mol. The number of carbonyl (C=O) groups excluding carboxylic acids is 2. The standard InChI is InChI=1S/C14H16BrNO4/c15-5-7-19-9-10-20-8-6-16-13(17)11-3-1-2-4-12(11)14(16)18/h1-4H,5-10H2. The average Bonchev–Trinajstić information content (AvgIpc) is 2.71. The molecule has 20 heavy (non-hydrogen) atoms. The first kappa shape index (κ1) is 15.2. The minimum absolute atomic E-state index is 0.246. The fraction of sp³-hybridized carbons (Fsp3) is 0.429. The van der Waals surface area contributed by atoms with Crippen LogP contribution in [0.5, 0.6) is 0 Å². The van der Waals surface area contributed by atoms with Gasteiger partial charge in [-0.05, 0) is 12.1 Å². The molecule has 1 aromatic rings. The quantitative estimate of drug-likeness (QED) is 0.410. The average molecular weight is 342 g/mol.